The van der Waals surface area contributed by atoms with Gasteiger partial charge in [-0.1, -0.05) is 11.6 Å². The van der Waals surface area contributed by atoms with Gasteiger partial charge in [0.15, 0.2) is 6.61 Å². The van der Waals surface area contributed by atoms with Gasteiger partial charge in [0.2, 0.25) is 10.0 Å². The number of anilines is 2. The molecule has 0 saturated carbocycles. The molecular weight excluding hydrogens is 406 g/mol. The molecule has 0 radical (unpaired) electrons. The Morgan fingerprint density at radius 2 is 1.77 bits per heavy atom. The summed E-state index contributed by atoms with van der Waals surface area (Å²) in [6.45, 7) is -0.240. The molecule has 12 heteroatoms. The van der Waals surface area contributed by atoms with Crippen molar-refractivity contribution in [3.05, 3.63) is 41.4 Å². The number of halogens is 1. The second kappa shape index (κ2) is 6.43. The number of ether oxygens (including phenoxy) is 1. The van der Waals surface area contributed by atoms with Crippen LogP contribution in [0.1, 0.15) is 0 Å². The summed E-state index contributed by atoms with van der Waals surface area (Å²) in [5.41, 5.74) is 0.378. The predicted molar refractivity (Wildman–Crippen MR) is 94.2 cm³/mol. The van der Waals surface area contributed by atoms with Crippen LogP contribution >= 0.6 is 11.6 Å². The summed E-state index contributed by atoms with van der Waals surface area (Å²) in [4.78, 5) is 10.9. The molecule has 138 valence electrons. The number of amides is 1. The zero-order chi connectivity index (χ0) is 19.1. The molecule has 9 nitrogen and oxygen atoms in total. The van der Waals surface area contributed by atoms with E-state index in [1.165, 1.54) is 36.4 Å². The van der Waals surface area contributed by atoms with Crippen molar-refractivity contribution < 1.29 is 26.4 Å². The standard InChI is InChI=1S/C14H12ClN3O6S2/c15-10-5-11-12(24-7-14(19)17-11)6-13(10)26(22,23)18-8-1-3-9(4-2-8)25(16,20)21/h1-6,18H,7H2,(H,17,19)(H2,16,20,21). The number of primary sulfonamides is 1. The van der Waals surface area contributed by atoms with Crippen molar-refractivity contribution in [3.8, 4) is 5.75 Å². The number of hydrogen-bond donors (Lipinski definition) is 3. The molecule has 0 bridgehead atoms. The molecule has 0 fully saturated rings. The molecule has 2 aromatic carbocycles. The molecule has 4 N–H and O–H groups in total. The summed E-state index contributed by atoms with van der Waals surface area (Å²) < 4.78 is 55.1. The third kappa shape index (κ3) is 3.75. The van der Waals surface area contributed by atoms with Gasteiger partial charge in [-0.15, -0.1) is 0 Å². The normalized spacial score (nSPS) is 14.2. The first-order valence-electron chi connectivity index (χ1n) is 6.98. The van der Waals surface area contributed by atoms with Crippen molar-refractivity contribution >= 4 is 48.9 Å². The van der Waals surface area contributed by atoms with Crippen LogP contribution in [0.4, 0.5) is 11.4 Å². The summed E-state index contributed by atoms with van der Waals surface area (Å²) in [5, 5.41) is 7.39. The molecule has 1 aliphatic rings. The lowest BCUT2D eigenvalue weighted by molar-refractivity contribution is -0.118. The van der Waals surface area contributed by atoms with E-state index in [0.717, 1.165) is 0 Å². The Labute approximate surface area is 154 Å². The molecule has 1 heterocycles. The fourth-order valence-electron chi connectivity index (χ4n) is 2.21. The van der Waals surface area contributed by atoms with Crippen LogP contribution in [-0.4, -0.2) is 29.3 Å². The van der Waals surface area contributed by atoms with Crippen molar-refractivity contribution in [2.24, 2.45) is 5.14 Å². The van der Waals surface area contributed by atoms with E-state index in [9.17, 15) is 21.6 Å². The molecule has 0 spiro atoms. The Bertz CT molecular complexity index is 1100. The van der Waals surface area contributed by atoms with Crippen LogP contribution in [0.5, 0.6) is 5.75 Å². The highest BCUT2D eigenvalue weighted by Gasteiger charge is 2.24. The van der Waals surface area contributed by atoms with E-state index < -0.39 is 20.0 Å². The molecule has 0 aliphatic carbocycles. The van der Waals surface area contributed by atoms with Crippen molar-refractivity contribution in [2.75, 3.05) is 16.6 Å². The zero-order valence-electron chi connectivity index (χ0n) is 12.9. The Kier molecular flexibility index (Phi) is 4.56. The minimum atomic E-state index is -4.09. The van der Waals surface area contributed by atoms with Crippen molar-refractivity contribution in [1.29, 1.82) is 0 Å². The Morgan fingerprint density at radius 3 is 2.38 bits per heavy atom. The molecule has 26 heavy (non-hydrogen) atoms. The van der Waals surface area contributed by atoms with Crippen LogP contribution in [0.2, 0.25) is 5.02 Å². The van der Waals surface area contributed by atoms with Gasteiger partial charge in [0.25, 0.3) is 15.9 Å². The van der Waals surface area contributed by atoms with Crippen LogP contribution < -0.4 is 19.9 Å². The van der Waals surface area contributed by atoms with Gasteiger partial charge in [-0.05, 0) is 30.3 Å². The molecule has 0 unspecified atom stereocenters. The van der Waals surface area contributed by atoms with Gasteiger partial charge in [0.1, 0.15) is 10.6 Å². The summed E-state index contributed by atoms with van der Waals surface area (Å²) in [5.74, 6) is -0.212. The Morgan fingerprint density at radius 1 is 1.12 bits per heavy atom. The zero-order valence-corrected chi connectivity index (χ0v) is 15.3. The molecule has 0 saturated heterocycles. The van der Waals surface area contributed by atoms with E-state index >= 15 is 0 Å². The lowest BCUT2D eigenvalue weighted by atomic mass is 10.2. The Hall–Kier alpha value is -2.34. The average Bonchev–Trinajstić information content (AvgIpc) is 2.53. The number of carbonyl (C=O) groups is 1. The quantitative estimate of drug-likeness (QED) is 0.679. The third-order valence-electron chi connectivity index (χ3n) is 3.39. The van der Waals surface area contributed by atoms with Crippen LogP contribution in [0.15, 0.2) is 46.2 Å². The molecular formula is C14H12ClN3O6S2. The number of benzene rings is 2. The monoisotopic (exact) mass is 417 g/mol. The lowest BCUT2D eigenvalue weighted by Gasteiger charge is -2.19. The Balaban J connectivity index is 1.92. The fourth-order valence-corrected chi connectivity index (χ4v) is 4.33. The van der Waals surface area contributed by atoms with Crippen molar-refractivity contribution in [3.63, 3.8) is 0 Å². The fraction of sp³-hybridized carbons (Fsp3) is 0.0714. The SMILES string of the molecule is NS(=O)(=O)c1ccc(NS(=O)(=O)c2cc3c(cc2Cl)NC(=O)CO3)cc1. The number of fused-ring (bicyclic) bond motifs is 1. The number of carbonyl (C=O) groups excluding carboxylic acids is 1. The predicted octanol–water partition coefficient (Wildman–Crippen LogP) is 1.12. The topological polar surface area (TPSA) is 145 Å². The molecule has 1 aliphatic heterocycles. The number of sulfonamides is 2. The van der Waals surface area contributed by atoms with Gasteiger partial charge in [0.05, 0.1) is 15.6 Å². The maximum atomic E-state index is 12.6. The third-order valence-corrected chi connectivity index (χ3v) is 6.17. The minimum absolute atomic E-state index is 0.111. The van der Waals surface area contributed by atoms with Gasteiger partial charge in [-0.25, -0.2) is 22.0 Å². The number of nitrogens with one attached hydrogen (secondary N) is 2. The van der Waals surface area contributed by atoms with Crippen LogP contribution in [0, 0.1) is 0 Å². The van der Waals surface area contributed by atoms with E-state index in [-0.39, 0.29) is 44.5 Å². The van der Waals surface area contributed by atoms with Gasteiger partial charge >= 0.3 is 0 Å². The highest BCUT2D eigenvalue weighted by molar-refractivity contribution is 7.92. The molecule has 2 aromatic rings. The average molecular weight is 418 g/mol. The summed E-state index contributed by atoms with van der Waals surface area (Å²) >= 11 is 6.02. The van der Waals surface area contributed by atoms with Gasteiger partial charge in [0, 0.05) is 11.8 Å². The summed E-state index contributed by atoms with van der Waals surface area (Å²) in [6.07, 6.45) is 0. The second-order valence-corrected chi connectivity index (χ2v) is 8.91. The van der Waals surface area contributed by atoms with Gasteiger partial charge in [-0.3, -0.25) is 9.52 Å². The first kappa shape index (κ1) is 18.5. The van der Waals surface area contributed by atoms with Gasteiger partial charge in [-0.2, -0.15) is 0 Å². The number of hydrogen-bond acceptors (Lipinski definition) is 6. The number of rotatable bonds is 4. The van der Waals surface area contributed by atoms with E-state index in [2.05, 4.69) is 10.0 Å². The second-order valence-electron chi connectivity index (χ2n) is 5.29. The first-order chi connectivity index (χ1) is 12.1. The smallest absolute Gasteiger partial charge is 0.263 e. The molecule has 0 aromatic heterocycles. The largest absolute Gasteiger partial charge is 0.482 e. The first-order valence-corrected chi connectivity index (χ1v) is 10.4. The summed E-state index contributed by atoms with van der Waals surface area (Å²) in [7, 11) is -7.98. The maximum absolute atomic E-state index is 12.6. The van der Waals surface area contributed by atoms with E-state index in [1.54, 1.807) is 0 Å². The van der Waals surface area contributed by atoms with E-state index in [1.807, 2.05) is 0 Å². The van der Waals surface area contributed by atoms with Crippen molar-refractivity contribution in [2.45, 2.75) is 9.79 Å². The molecule has 1 amide bonds. The maximum Gasteiger partial charge on any atom is 0.263 e. The number of nitrogens with two attached hydrogens (primary N) is 1. The molecule has 0 atom stereocenters. The minimum Gasteiger partial charge on any atom is -0.482 e. The lowest BCUT2D eigenvalue weighted by Crippen LogP contribution is -2.25. The van der Waals surface area contributed by atoms with Crippen molar-refractivity contribution in [1.82, 2.24) is 0 Å². The highest BCUT2D eigenvalue weighted by Crippen LogP contribution is 2.36. The van der Waals surface area contributed by atoms with E-state index in [4.69, 9.17) is 21.5 Å². The highest BCUT2D eigenvalue weighted by atomic mass is 35.5. The van der Waals surface area contributed by atoms with E-state index in [0.29, 0.717) is 0 Å². The molecule has 3 rings (SSSR count). The van der Waals surface area contributed by atoms with Gasteiger partial charge < -0.3 is 10.1 Å². The van der Waals surface area contributed by atoms with Crippen LogP contribution in [0.3, 0.4) is 0 Å². The van der Waals surface area contributed by atoms with Crippen LogP contribution in [0.25, 0.3) is 0 Å². The van der Waals surface area contributed by atoms with Crippen LogP contribution in [-0.2, 0) is 24.8 Å². The summed E-state index contributed by atoms with van der Waals surface area (Å²) in [6, 6.07) is 7.30.